The van der Waals surface area contributed by atoms with Gasteiger partial charge in [0.2, 0.25) is 5.95 Å². The minimum Gasteiger partial charge on any atom is -0.396 e. The van der Waals surface area contributed by atoms with E-state index < -0.39 is 4.92 Å². The number of aliphatic hydroxyl groups is 1. The summed E-state index contributed by atoms with van der Waals surface area (Å²) in [6, 6.07) is 12.0. The average molecular weight is 380 g/mol. The Morgan fingerprint density at radius 1 is 1.07 bits per heavy atom. The minimum atomic E-state index is -0.418. The van der Waals surface area contributed by atoms with Crippen molar-refractivity contribution in [2.75, 3.05) is 23.8 Å². The van der Waals surface area contributed by atoms with Crippen LogP contribution >= 0.6 is 0 Å². The van der Waals surface area contributed by atoms with E-state index in [1.165, 1.54) is 12.1 Å². The molecule has 9 heteroatoms. The third-order valence-corrected chi connectivity index (χ3v) is 3.92. The Morgan fingerprint density at radius 2 is 1.89 bits per heavy atom. The van der Waals surface area contributed by atoms with Gasteiger partial charge in [-0.2, -0.15) is 4.98 Å². The molecule has 0 aliphatic carbocycles. The number of nitrogens with zero attached hydrogens (tertiary/aromatic N) is 4. The molecule has 3 aromatic rings. The molecule has 0 fully saturated rings. The topological polar surface area (TPSA) is 126 Å². The standard InChI is InChI=1S/C19H20N6O3/c26-10-2-7-21-19-23-17(15-5-8-20-9-6-15)12-18(24-19)22-13-14-3-1-4-16(11-14)25(27)28/h1,3-6,8-9,11-12,26H,2,7,10,13H2,(H2,21,22,23,24). The first-order valence-electron chi connectivity index (χ1n) is 8.77. The normalized spacial score (nSPS) is 10.5. The van der Waals surface area contributed by atoms with E-state index >= 15 is 0 Å². The molecule has 2 aromatic heterocycles. The summed E-state index contributed by atoms with van der Waals surface area (Å²) in [6.07, 6.45) is 3.96. The summed E-state index contributed by atoms with van der Waals surface area (Å²) in [5.41, 5.74) is 2.42. The summed E-state index contributed by atoms with van der Waals surface area (Å²) in [7, 11) is 0. The van der Waals surface area contributed by atoms with E-state index in [0.29, 0.717) is 37.0 Å². The summed E-state index contributed by atoms with van der Waals surface area (Å²) in [4.78, 5) is 23.5. The van der Waals surface area contributed by atoms with Crippen LogP contribution in [-0.4, -0.2) is 38.1 Å². The number of pyridine rings is 1. The maximum Gasteiger partial charge on any atom is 0.269 e. The van der Waals surface area contributed by atoms with Crippen LogP contribution in [0, 0.1) is 10.1 Å². The van der Waals surface area contributed by atoms with Crippen LogP contribution in [0.2, 0.25) is 0 Å². The van der Waals surface area contributed by atoms with Crippen molar-refractivity contribution < 1.29 is 10.0 Å². The second kappa shape index (κ2) is 9.38. The van der Waals surface area contributed by atoms with Gasteiger partial charge in [0.1, 0.15) is 5.82 Å². The Balaban J connectivity index is 1.81. The van der Waals surface area contributed by atoms with Crippen molar-refractivity contribution in [2.24, 2.45) is 0 Å². The zero-order valence-electron chi connectivity index (χ0n) is 15.1. The Hall–Kier alpha value is -3.59. The lowest BCUT2D eigenvalue weighted by atomic mass is 10.2. The van der Waals surface area contributed by atoms with Gasteiger partial charge < -0.3 is 15.7 Å². The first-order valence-corrected chi connectivity index (χ1v) is 8.77. The van der Waals surface area contributed by atoms with E-state index in [1.54, 1.807) is 18.5 Å². The lowest BCUT2D eigenvalue weighted by Gasteiger charge is -2.11. The van der Waals surface area contributed by atoms with Gasteiger partial charge in [-0.05, 0) is 24.1 Å². The maximum atomic E-state index is 10.9. The highest BCUT2D eigenvalue weighted by atomic mass is 16.6. The summed E-state index contributed by atoms with van der Waals surface area (Å²) < 4.78 is 0. The minimum absolute atomic E-state index is 0.0471. The highest BCUT2D eigenvalue weighted by Crippen LogP contribution is 2.22. The summed E-state index contributed by atoms with van der Waals surface area (Å²) in [5, 5.41) is 26.2. The van der Waals surface area contributed by atoms with E-state index in [4.69, 9.17) is 5.11 Å². The number of non-ortho nitro benzene ring substituents is 1. The molecule has 0 amide bonds. The van der Waals surface area contributed by atoms with Gasteiger partial charge in [0, 0.05) is 55.9 Å². The van der Waals surface area contributed by atoms with E-state index in [2.05, 4.69) is 25.6 Å². The number of benzene rings is 1. The average Bonchev–Trinajstić information content (AvgIpc) is 2.73. The first-order chi connectivity index (χ1) is 13.7. The summed E-state index contributed by atoms with van der Waals surface area (Å²) in [5.74, 6) is 1.02. The number of hydrogen-bond acceptors (Lipinski definition) is 8. The van der Waals surface area contributed by atoms with Crippen LogP contribution in [0.1, 0.15) is 12.0 Å². The number of nitrogens with one attached hydrogen (secondary N) is 2. The molecule has 144 valence electrons. The number of nitro benzene ring substituents is 1. The second-order valence-corrected chi connectivity index (χ2v) is 5.98. The molecule has 0 saturated carbocycles. The largest absolute Gasteiger partial charge is 0.396 e. The molecule has 3 rings (SSSR count). The van der Waals surface area contributed by atoms with Gasteiger partial charge in [-0.1, -0.05) is 12.1 Å². The molecule has 0 aliphatic heterocycles. The van der Waals surface area contributed by atoms with Gasteiger partial charge in [-0.15, -0.1) is 0 Å². The number of anilines is 2. The van der Waals surface area contributed by atoms with Crippen LogP contribution in [0.5, 0.6) is 0 Å². The molecular weight excluding hydrogens is 360 g/mol. The lowest BCUT2D eigenvalue weighted by molar-refractivity contribution is -0.384. The third-order valence-electron chi connectivity index (χ3n) is 3.92. The van der Waals surface area contributed by atoms with Crippen LogP contribution in [0.3, 0.4) is 0 Å². The van der Waals surface area contributed by atoms with Gasteiger partial charge in [0.15, 0.2) is 0 Å². The van der Waals surface area contributed by atoms with Gasteiger partial charge in [0.25, 0.3) is 5.69 Å². The van der Waals surface area contributed by atoms with Crippen LogP contribution < -0.4 is 10.6 Å². The Kier molecular flexibility index (Phi) is 6.42. The third kappa shape index (κ3) is 5.21. The summed E-state index contributed by atoms with van der Waals surface area (Å²) in [6.45, 7) is 1.00. The van der Waals surface area contributed by atoms with Crippen LogP contribution in [-0.2, 0) is 6.54 Å². The lowest BCUT2D eigenvalue weighted by Crippen LogP contribution is -2.10. The van der Waals surface area contributed by atoms with Gasteiger partial charge in [-0.3, -0.25) is 15.1 Å². The maximum absolute atomic E-state index is 10.9. The number of aliphatic hydroxyl groups excluding tert-OH is 1. The Morgan fingerprint density at radius 3 is 2.64 bits per heavy atom. The van der Waals surface area contributed by atoms with Gasteiger partial charge in [-0.25, -0.2) is 4.98 Å². The second-order valence-electron chi connectivity index (χ2n) is 5.98. The number of aromatic nitrogens is 3. The molecular formula is C19H20N6O3. The van der Waals surface area contributed by atoms with Crippen molar-refractivity contribution >= 4 is 17.5 Å². The molecule has 28 heavy (non-hydrogen) atoms. The number of hydrogen-bond donors (Lipinski definition) is 3. The highest BCUT2D eigenvalue weighted by molar-refractivity contribution is 5.64. The molecule has 1 aromatic carbocycles. The molecule has 2 heterocycles. The van der Waals surface area contributed by atoms with Crippen molar-refractivity contribution in [1.82, 2.24) is 15.0 Å². The van der Waals surface area contributed by atoms with Gasteiger partial charge in [0.05, 0.1) is 10.6 Å². The molecule has 0 atom stereocenters. The summed E-state index contributed by atoms with van der Waals surface area (Å²) >= 11 is 0. The molecule has 0 spiro atoms. The van der Waals surface area contributed by atoms with E-state index in [-0.39, 0.29) is 12.3 Å². The zero-order chi connectivity index (χ0) is 19.8. The van der Waals surface area contributed by atoms with E-state index in [0.717, 1.165) is 11.1 Å². The smallest absolute Gasteiger partial charge is 0.269 e. The molecule has 0 bridgehead atoms. The monoisotopic (exact) mass is 380 g/mol. The van der Waals surface area contributed by atoms with Crippen molar-refractivity contribution in [2.45, 2.75) is 13.0 Å². The fraction of sp³-hybridized carbons (Fsp3) is 0.211. The first kappa shape index (κ1) is 19.2. The highest BCUT2D eigenvalue weighted by Gasteiger charge is 2.09. The fourth-order valence-electron chi connectivity index (χ4n) is 2.54. The van der Waals surface area contributed by atoms with Crippen molar-refractivity contribution in [1.29, 1.82) is 0 Å². The molecule has 3 N–H and O–H groups in total. The van der Waals surface area contributed by atoms with Gasteiger partial charge >= 0.3 is 0 Å². The van der Waals surface area contributed by atoms with Crippen molar-refractivity contribution in [3.63, 3.8) is 0 Å². The van der Waals surface area contributed by atoms with Crippen LogP contribution in [0.15, 0.2) is 54.9 Å². The number of nitro groups is 1. The SMILES string of the molecule is O=[N+]([O-])c1cccc(CNc2cc(-c3ccncc3)nc(NCCCO)n2)c1. The van der Waals surface area contributed by atoms with Crippen LogP contribution in [0.4, 0.5) is 17.5 Å². The number of rotatable bonds is 9. The van der Waals surface area contributed by atoms with Crippen LogP contribution in [0.25, 0.3) is 11.3 Å². The predicted molar refractivity (Wildman–Crippen MR) is 106 cm³/mol. The molecule has 0 saturated heterocycles. The molecule has 0 unspecified atom stereocenters. The Bertz CT molecular complexity index is 936. The molecule has 0 radical (unpaired) electrons. The van der Waals surface area contributed by atoms with E-state index in [1.807, 2.05) is 24.3 Å². The quantitative estimate of drug-likeness (QED) is 0.294. The molecule has 9 nitrogen and oxygen atoms in total. The van der Waals surface area contributed by atoms with Crippen molar-refractivity contribution in [3.05, 3.63) is 70.5 Å². The zero-order valence-corrected chi connectivity index (χ0v) is 15.1. The fourth-order valence-corrected chi connectivity index (χ4v) is 2.54. The Labute approximate surface area is 161 Å². The van der Waals surface area contributed by atoms with E-state index in [9.17, 15) is 10.1 Å². The van der Waals surface area contributed by atoms with Crippen molar-refractivity contribution in [3.8, 4) is 11.3 Å². The molecule has 0 aliphatic rings. The predicted octanol–water partition coefficient (Wildman–Crippen LogP) is 2.85.